The molecule has 1 N–H and O–H groups in total. The fourth-order valence-corrected chi connectivity index (χ4v) is 2.63. The lowest BCUT2D eigenvalue weighted by Gasteiger charge is -2.27. The molecule has 4 heteroatoms. The molecule has 1 amide bonds. The van der Waals surface area contributed by atoms with E-state index in [4.69, 9.17) is 0 Å². The number of nitrogens with one attached hydrogen (secondary N) is 1. The normalized spacial score (nSPS) is 21.0. The first-order valence-electron chi connectivity index (χ1n) is 6.59. The van der Waals surface area contributed by atoms with Gasteiger partial charge >= 0.3 is 0 Å². The second kappa shape index (κ2) is 5.96. The van der Waals surface area contributed by atoms with Gasteiger partial charge in [-0.15, -0.1) is 0 Å². The fraction of sp³-hybridized carbons (Fsp3) is 0.571. The van der Waals surface area contributed by atoms with Gasteiger partial charge in [-0.2, -0.15) is 0 Å². The summed E-state index contributed by atoms with van der Waals surface area (Å²) in [5, 5.41) is 3.07. The van der Waals surface area contributed by atoms with Crippen molar-refractivity contribution in [3.63, 3.8) is 0 Å². The van der Waals surface area contributed by atoms with Crippen molar-refractivity contribution in [1.29, 1.82) is 0 Å². The van der Waals surface area contributed by atoms with Crippen LogP contribution >= 0.6 is 0 Å². The molecule has 18 heavy (non-hydrogen) atoms. The number of likely N-dealkylation sites (tertiary alicyclic amines) is 1. The molecule has 1 aliphatic heterocycles. The molecule has 2 unspecified atom stereocenters. The molecule has 2 atom stereocenters. The fourth-order valence-electron chi connectivity index (χ4n) is 2.63. The first-order valence-corrected chi connectivity index (χ1v) is 6.59. The second-order valence-corrected chi connectivity index (χ2v) is 4.93. The summed E-state index contributed by atoms with van der Waals surface area (Å²) in [4.78, 5) is 18.6. The second-order valence-electron chi connectivity index (χ2n) is 4.93. The minimum Gasteiger partial charge on any atom is -0.335 e. The third kappa shape index (κ3) is 2.70. The molecule has 0 spiro atoms. The van der Waals surface area contributed by atoms with Crippen LogP contribution in [-0.4, -0.2) is 35.9 Å². The summed E-state index contributed by atoms with van der Waals surface area (Å²) in [5.74, 6) is 0.281. The van der Waals surface area contributed by atoms with Crippen molar-refractivity contribution in [2.45, 2.75) is 25.8 Å². The van der Waals surface area contributed by atoms with Crippen molar-refractivity contribution in [3.8, 4) is 0 Å². The van der Waals surface area contributed by atoms with Gasteiger partial charge in [-0.3, -0.25) is 9.78 Å². The molecule has 98 valence electrons. The van der Waals surface area contributed by atoms with E-state index in [0.29, 0.717) is 0 Å². The summed E-state index contributed by atoms with van der Waals surface area (Å²) in [6.45, 7) is 3.58. The lowest BCUT2D eigenvalue weighted by molar-refractivity contribution is -0.135. The van der Waals surface area contributed by atoms with E-state index in [0.717, 1.165) is 31.5 Å². The minimum absolute atomic E-state index is 0.0345. The number of nitrogens with zero attached hydrogens (tertiary/aromatic N) is 2. The predicted molar refractivity (Wildman–Crippen MR) is 71.0 cm³/mol. The molecule has 1 aliphatic rings. The smallest absolute Gasteiger partial charge is 0.227 e. The Balaban J connectivity index is 2.10. The average Bonchev–Trinajstić information content (AvgIpc) is 2.88. The van der Waals surface area contributed by atoms with Gasteiger partial charge in [0.2, 0.25) is 5.91 Å². The van der Waals surface area contributed by atoms with E-state index in [2.05, 4.69) is 16.4 Å². The van der Waals surface area contributed by atoms with Crippen LogP contribution in [0.3, 0.4) is 0 Å². The third-order valence-corrected chi connectivity index (χ3v) is 3.54. The monoisotopic (exact) mass is 247 g/mol. The maximum absolute atomic E-state index is 12.4. The Bertz CT molecular complexity index is 393. The van der Waals surface area contributed by atoms with Crippen molar-refractivity contribution >= 4 is 5.91 Å². The van der Waals surface area contributed by atoms with E-state index in [-0.39, 0.29) is 17.9 Å². The van der Waals surface area contributed by atoms with Crippen LogP contribution in [0.4, 0.5) is 0 Å². The number of aromatic nitrogens is 1. The van der Waals surface area contributed by atoms with Gasteiger partial charge in [0.15, 0.2) is 0 Å². The predicted octanol–water partition coefficient (Wildman–Crippen LogP) is 1.60. The Hall–Kier alpha value is -1.42. The Labute approximate surface area is 108 Å². The lowest BCUT2D eigenvalue weighted by atomic mass is 10.0. The van der Waals surface area contributed by atoms with E-state index in [1.54, 1.807) is 6.20 Å². The molecular formula is C14H21N3O. The molecule has 1 aromatic rings. The Morgan fingerprint density at radius 3 is 3.17 bits per heavy atom. The SMILES string of the molecule is CNCC(C)C(=O)N1CCCC1c1cccnc1. The highest BCUT2D eigenvalue weighted by Crippen LogP contribution is 2.32. The number of carbonyl (C=O) groups excluding carboxylic acids is 1. The molecule has 1 fully saturated rings. The summed E-state index contributed by atoms with van der Waals surface area (Å²) in [7, 11) is 1.88. The lowest BCUT2D eigenvalue weighted by Crippen LogP contribution is -2.38. The van der Waals surface area contributed by atoms with Crippen LogP contribution in [0.5, 0.6) is 0 Å². The van der Waals surface area contributed by atoms with Gasteiger partial charge in [0.25, 0.3) is 0 Å². The van der Waals surface area contributed by atoms with Crippen LogP contribution in [0.2, 0.25) is 0 Å². The Morgan fingerprint density at radius 1 is 1.67 bits per heavy atom. The molecule has 2 rings (SSSR count). The number of pyridine rings is 1. The van der Waals surface area contributed by atoms with Crippen molar-refractivity contribution in [1.82, 2.24) is 15.2 Å². The molecule has 1 saturated heterocycles. The molecule has 2 heterocycles. The Kier molecular flexibility index (Phi) is 4.31. The molecule has 0 saturated carbocycles. The van der Waals surface area contributed by atoms with E-state index in [9.17, 15) is 4.79 Å². The standard InChI is InChI=1S/C14H21N3O/c1-11(9-15-2)14(18)17-8-4-6-13(17)12-5-3-7-16-10-12/h3,5,7,10-11,13,15H,4,6,8-9H2,1-2H3. The van der Waals surface area contributed by atoms with Gasteiger partial charge in [-0.1, -0.05) is 13.0 Å². The first kappa shape index (κ1) is 13.0. The van der Waals surface area contributed by atoms with Gasteiger partial charge in [0.1, 0.15) is 0 Å². The van der Waals surface area contributed by atoms with Crippen LogP contribution in [0, 0.1) is 5.92 Å². The van der Waals surface area contributed by atoms with Crippen LogP contribution < -0.4 is 5.32 Å². The summed E-state index contributed by atoms with van der Waals surface area (Å²) >= 11 is 0. The number of rotatable bonds is 4. The first-order chi connectivity index (χ1) is 8.74. The maximum Gasteiger partial charge on any atom is 0.227 e. The van der Waals surface area contributed by atoms with E-state index in [1.165, 1.54) is 0 Å². The largest absolute Gasteiger partial charge is 0.335 e. The summed E-state index contributed by atoms with van der Waals surface area (Å²) in [6, 6.07) is 4.21. The summed E-state index contributed by atoms with van der Waals surface area (Å²) < 4.78 is 0. The highest BCUT2D eigenvalue weighted by Gasteiger charge is 2.32. The van der Waals surface area contributed by atoms with Crippen molar-refractivity contribution in [2.75, 3.05) is 20.1 Å². The number of hydrogen-bond donors (Lipinski definition) is 1. The highest BCUT2D eigenvalue weighted by atomic mass is 16.2. The van der Waals surface area contributed by atoms with Crippen LogP contribution in [0.25, 0.3) is 0 Å². The highest BCUT2D eigenvalue weighted by molar-refractivity contribution is 5.79. The molecule has 0 radical (unpaired) electrons. The van der Waals surface area contributed by atoms with Gasteiger partial charge in [0, 0.05) is 31.4 Å². The van der Waals surface area contributed by atoms with Crippen molar-refractivity contribution in [3.05, 3.63) is 30.1 Å². The van der Waals surface area contributed by atoms with Crippen molar-refractivity contribution in [2.24, 2.45) is 5.92 Å². The van der Waals surface area contributed by atoms with Crippen LogP contribution in [0.1, 0.15) is 31.4 Å². The number of hydrogen-bond acceptors (Lipinski definition) is 3. The zero-order valence-corrected chi connectivity index (χ0v) is 11.1. The molecule has 0 bridgehead atoms. The van der Waals surface area contributed by atoms with E-state index < -0.39 is 0 Å². The van der Waals surface area contributed by atoms with E-state index in [1.807, 2.05) is 31.1 Å². The van der Waals surface area contributed by atoms with Crippen molar-refractivity contribution < 1.29 is 4.79 Å². The van der Waals surface area contributed by atoms with Gasteiger partial charge in [-0.25, -0.2) is 0 Å². The van der Waals surface area contributed by atoms with Crippen LogP contribution in [-0.2, 0) is 4.79 Å². The van der Waals surface area contributed by atoms with Crippen LogP contribution in [0.15, 0.2) is 24.5 Å². The zero-order chi connectivity index (χ0) is 13.0. The molecule has 0 aromatic carbocycles. The molecule has 4 nitrogen and oxygen atoms in total. The quantitative estimate of drug-likeness (QED) is 0.879. The van der Waals surface area contributed by atoms with Gasteiger partial charge in [-0.05, 0) is 31.5 Å². The molecule has 0 aliphatic carbocycles. The third-order valence-electron chi connectivity index (χ3n) is 3.54. The molecule has 1 aromatic heterocycles. The average molecular weight is 247 g/mol. The zero-order valence-electron chi connectivity index (χ0n) is 11.1. The maximum atomic E-state index is 12.4. The molecular weight excluding hydrogens is 226 g/mol. The topological polar surface area (TPSA) is 45.2 Å². The number of amides is 1. The van der Waals surface area contributed by atoms with Gasteiger partial charge in [0.05, 0.1) is 6.04 Å². The summed E-state index contributed by atoms with van der Waals surface area (Å²) in [6.07, 6.45) is 5.77. The Morgan fingerprint density at radius 2 is 2.50 bits per heavy atom. The number of carbonyl (C=O) groups is 1. The summed E-state index contributed by atoms with van der Waals surface area (Å²) in [5.41, 5.74) is 1.15. The van der Waals surface area contributed by atoms with Gasteiger partial charge < -0.3 is 10.2 Å². The van der Waals surface area contributed by atoms with E-state index >= 15 is 0 Å². The minimum atomic E-state index is 0.0345.